The predicted octanol–water partition coefficient (Wildman–Crippen LogP) is 6.64. The molecule has 0 radical (unpaired) electrons. The maximum atomic E-state index is 13.4. The standard InChI is InChI=1S/C27H29ClN4O3/c1-3-5-9-17-35-27(34)22-23-25(30-21-11-8-7-10-20(21)29-23)32(16-6-4-2)24(22)31-26(33)18-12-14-19(28)15-13-18/h7-8,10-15H,3-6,9,16-17H2,1-2H3,(H,31,33). The van der Waals surface area contributed by atoms with Crippen LogP contribution < -0.4 is 5.32 Å². The predicted molar refractivity (Wildman–Crippen MR) is 139 cm³/mol. The maximum absolute atomic E-state index is 13.4. The monoisotopic (exact) mass is 492 g/mol. The highest BCUT2D eigenvalue weighted by molar-refractivity contribution is 6.30. The molecule has 0 saturated carbocycles. The number of anilines is 1. The molecule has 0 fully saturated rings. The SMILES string of the molecule is CCCCCOC(=O)c1c(NC(=O)c2ccc(Cl)cc2)n(CCCC)c2nc3ccccc3nc12. The number of nitrogens with one attached hydrogen (secondary N) is 1. The van der Waals surface area contributed by atoms with Gasteiger partial charge in [0.1, 0.15) is 16.9 Å². The molecule has 182 valence electrons. The van der Waals surface area contributed by atoms with Crippen LogP contribution in [0.25, 0.3) is 22.2 Å². The van der Waals surface area contributed by atoms with Crippen LogP contribution in [-0.4, -0.2) is 33.0 Å². The quantitative estimate of drug-likeness (QED) is 0.198. The number of benzene rings is 2. The van der Waals surface area contributed by atoms with E-state index in [2.05, 4.69) is 19.2 Å². The number of esters is 1. The molecule has 0 aliphatic carbocycles. The number of hydrogen-bond donors (Lipinski definition) is 1. The highest BCUT2D eigenvalue weighted by Crippen LogP contribution is 2.31. The van der Waals surface area contributed by atoms with Gasteiger partial charge in [-0.2, -0.15) is 0 Å². The van der Waals surface area contributed by atoms with Gasteiger partial charge in [-0.1, -0.05) is 56.8 Å². The van der Waals surface area contributed by atoms with Gasteiger partial charge in [0.2, 0.25) is 0 Å². The Bertz CT molecular complexity index is 1350. The molecule has 35 heavy (non-hydrogen) atoms. The second-order valence-corrected chi connectivity index (χ2v) is 8.85. The van der Waals surface area contributed by atoms with Gasteiger partial charge in [0.15, 0.2) is 5.65 Å². The summed E-state index contributed by atoms with van der Waals surface area (Å²) in [6, 6.07) is 14.1. The molecule has 0 atom stereocenters. The third-order valence-corrected chi connectivity index (χ3v) is 6.06. The van der Waals surface area contributed by atoms with Crippen molar-refractivity contribution < 1.29 is 14.3 Å². The molecule has 2 aromatic heterocycles. The van der Waals surface area contributed by atoms with Crippen LogP contribution in [0.4, 0.5) is 5.82 Å². The zero-order valence-corrected chi connectivity index (χ0v) is 20.8. The van der Waals surface area contributed by atoms with E-state index >= 15 is 0 Å². The third kappa shape index (κ3) is 5.46. The number of aryl methyl sites for hydroxylation is 1. The van der Waals surface area contributed by atoms with Gasteiger partial charge in [-0.15, -0.1) is 0 Å². The molecular formula is C27H29ClN4O3. The van der Waals surface area contributed by atoms with E-state index in [4.69, 9.17) is 26.3 Å². The van der Waals surface area contributed by atoms with Crippen LogP contribution >= 0.6 is 11.6 Å². The molecule has 0 aliphatic heterocycles. The molecule has 7 nitrogen and oxygen atoms in total. The molecule has 0 bridgehead atoms. The van der Waals surface area contributed by atoms with Crippen molar-refractivity contribution in [2.45, 2.75) is 52.5 Å². The molecule has 2 heterocycles. The van der Waals surface area contributed by atoms with E-state index in [1.54, 1.807) is 24.3 Å². The molecule has 1 N–H and O–H groups in total. The largest absolute Gasteiger partial charge is 0.462 e. The van der Waals surface area contributed by atoms with Crippen molar-refractivity contribution in [2.24, 2.45) is 0 Å². The van der Waals surface area contributed by atoms with E-state index in [0.29, 0.717) is 51.8 Å². The Kier molecular flexibility index (Phi) is 7.98. The molecule has 4 rings (SSSR count). The van der Waals surface area contributed by atoms with E-state index < -0.39 is 5.97 Å². The van der Waals surface area contributed by atoms with Gasteiger partial charge < -0.3 is 14.6 Å². The zero-order valence-electron chi connectivity index (χ0n) is 20.0. The van der Waals surface area contributed by atoms with Crippen molar-refractivity contribution >= 4 is 51.5 Å². The number of ether oxygens (including phenoxy) is 1. The molecule has 0 aliphatic rings. The van der Waals surface area contributed by atoms with Gasteiger partial charge in [0.25, 0.3) is 5.91 Å². The minimum absolute atomic E-state index is 0.230. The normalized spacial score (nSPS) is 11.2. The molecule has 8 heteroatoms. The van der Waals surface area contributed by atoms with Crippen molar-refractivity contribution in [2.75, 3.05) is 11.9 Å². The van der Waals surface area contributed by atoms with Crippen LogP contribution in [0, 0.1) is 0 Å². The number of para-hydroxylation sites is 2. The maximum Gasteiger partial charge on any atom is 0.344 e. The van der Waals surface area contributed by atoms with E-state index in [-0.39, 0.29) is 11.5 Å². The lowest BCUT2D eigenvalue weighted by Gasteiger charge is -2.13. The molecule has 0 spiro atoms. The minimum atomic E-state index is -0.516. The second-order valence-electron chi connectivity index (χ2n) is 8.42. The van der Waals surface area contributed by atoms with E-state index in [1.807, 2.05) is 28.8 Å². The minimum Gasteiger partial charge on any atom is -0.462 e. The summed E-state index contributed by atoms with van der Waals surface area (Å²) in [7, 11) is 0. The van der Waals surface area contributed by atoms with E-state index in [1.165, 1.54) is 0 Å². The Balaban J connectivity index is 1.85. The third-order valence-electron chi connectivity index (χ3n) is 5.81. The zero-order chi connectivity index (χ0) is 24.8. The van der Waals surface area contributed by atoms with Crippen molar-refractivity contribution in [1.29, 1.82) is 0 Å². The first-order valence-electron chi connectivity index (χ1n) is 12.1. The Labute approximate surface area is 209 Å². The fourth-order valence-electron chi connectivity index (χ4n) is 3.93. The highest BCUT2D eigenvalue weighted by Gasteiger charge is 2.28. The summed E-state index contributed by atoms with van der Waals surface area (Å²) >= 11 is 5.99. The van der Waals surface area contributed by atoms with E-state index in [9.17, 15) is 9.59 Å². The average Bonchev–Trinajstić information content (AvgIpc) is 3.15. The van der Waals surface area contributed by atoms with Gasteiger partial charge >= 0.3 is 5.97 Å². The van der Waals surface area contributed by atoms with Gasteiger partial charge in [-0.05, 0) is 49.2 Å². The lowest BCUT2D eigenvalue weighted by molar-refractivity contribution is 0.0501. The number of nitrogens with zero attached hydrogens (tertiary/aromatic N) is 3. The van der Waals surface area contributed by atoms with Crippen molar-refractivity contribution in [1.82, 2.24) is 14.5 Å². The van der Waals surface area contributed by atoms with Crippen LogP contribution in [-0.2, 0) is 11.3 Å². The number of aromatic nitrogens is 3. The average molecular weight is 493 g/mol. The number of hydrogen-bond acceptors (Lipinski definition) is 5. The molecular weight excluding hydrogens is 464 g/mol. The van der Waals surface area contributed by atoms with Crippen LogP contribution in [0.15, 0.2) is 48.5 Å². The van der Waals surface area contributed by atoms with Gasteiger partial charge in [0, 0.05) is 17.1 Å². The van der Waals surface area contributed by atoms with Gasteiger partial charge in [-0.3, -0.25) is 4.79 Å². The lowest BCUT2D eigenvalue weighted by atomic mass is 10.2. The van der Waals surface area contributed by atoms with Crippen LogP contribution in [0.5, 0.6) is 0 Å². The first kappa shape index (κ1) is 24.7. The van der Waals surface area contributed by atoms with Crippen molar-refractivity contribution in [3.8, 4) is 0 Å². The fraction of sp³-hybridized carbons (Fsp3) is 0.333. The Morgan fingerprint density at radius 2 is 1.63 bits per heavy atom. The number of rotatable bonds is 10. The molecule has 0 unspecified atom stereocenters. The fourth-order valence-corrected chi connectivity index (χ4v) is 4.05. The Morgan fingerprint density at radius 1 is 0.943 bits per heavy atom. The van der Waals surface area contributed by atoms with Gasteiger partial charge in [-0.25, -0.2) is 14.8 Å². The topological polar surface area (TPSA) is 86.1 Å². The van der Waals surface area contributed by atoms with Crippen LogP contribution in [0.3, 0.4) is 0 Å². The number of halogens is 1. The van der Waals surface area contributed by atoms with E-state index in [0.717, 1.165) is 32.1 Å². The van der Waals surface area contributed by atoms with Crippen molar-refractivity contribution in [3.63, 3.8) is 0 Å². The lowest BCUT2D eigenvalue weighted by Crippen LogP contribution is -2.18. The first-order chi connectivity index (χ1) is 17.0. The van der Waals surface area contributed by atoms with Crippen LogP contribution in [0.1, 0.15) is 66.7 Å². The summed E-state index contributed by atoms with van der Waals surface area (Å²) in [4.78, 5) is 36.1. The summed E-state index contributed by atoms with van der Waals surface area (Å²) in [5.74, 6) is -0.520. The number of amides is 1. The van der Waals surface area contributed by atoms with Crippen LogP contribution in [0.2, 0.25) is 5.02 Å². The summed E-state index contributed by atoms with van der Waals surface area (Å²) in [5.41, 5.74) is 3.01. The summed E-state index contributed by atoms with van der Waals surface area (Å²) in [5, 5.41) is 3.49. The molecule has 4 aromatic rings. The first-order valence-corrected chi connectivity index (χ1v) is 12.4. The number of unbranched alkanes of at least 4 members (excludes halogenated alkanes) is 3. The second kappa shape index (κ2) is 11.3. The number of carbonyl (C=O) groups is 2. The molecule has 0 saturated heterocycles. The van der Waals surface area contributed by atoms with Gasteiger partial charge in [0.05, 0.1) is 17.6 Å². The van der Waals surface area contributed by atoms with Crippen molar-refractivity contribution in [3.05, 3.63) is 64.7 Å². The Morgan fingerprint density at radius 3 is 2.31 bits per heavy atom. The summed E-state index contributed by atoms with van der Waals surface area (Å²) < 4.78 is 7.49. The number of fused-ring (bicyclic) bond motifs is 2. The molecule has 2 aromatic carbocycles. The highest BCUT2D eigenvalue weighted by atomic mass is 35.5. The summed E-state index contributed by atoms with van der Waals surface area (Å²) in [6.07, 6.45) is 4.54. The Hall–Kier alpha value is -3.45. The molecule has 1 amide bonds. The summed E-state index contributed by atoms with van der Waals surface area (Å²) in [6.45, 7) is 5.05. The smallest absolute Gasteiger partial charge is 0.344 e. The number of carbonyl (C=O) groups excluding carboxylic acids is 2.